The lowest BCUT2D eigenvalue weighted by atomic mass is 10.1. The van der Waals surface area contributed by atoms with E-state index in [4.69, 9.17) is 8.92 Å². The van der Waals surface area contributed by atoms with Gasteiger partial charge in [0.1, 0.15) is 6.61 Å². The molecular weight excluding hydrogens is 312 g/mol. The summed E-state index contributed by atoms with van der Waals surface area (Å²) in [5, 5.41) is 0. The fourth-order valence-corrected chi connectivity index (χ4v) is 2.84. The van der Waals surface area contributed by atoms with E-state index in [1.54, 1.807) is 14.1 Å². The molecule has 0 N–H and O–H groups in total. The van der Waals surface area contributed by atoms with Gasteiger partial charge in [0.05, 0.1) is 18.9 Å². The topological polar surface area (TPSA) is 93.2 Å². The standard InChI is InChI=1S/C13H22N2O6S/c1-5-6-20-13(17)15-9-11(21-22(4,18)19)7-10(15)8-12(16)14(2)3/h5,10-11H,1,6-9H2,2-4H3/t10-,11+/m0/s1. The summed E-state index contributed by atoms with van der Waals surface area (Å²) in [7, 11) is -0.406. The van der Waals surface area contributed by atoms with Gasteiger partial charge in [0.2, 0.25) is 5.91 Å². The van der Waals surface area contributed by atoms with Gasteiger partial charge in [-0.15, -0.1) is 0 Å². The number of rotatable bonds is 6. The van der Waals surface area contributed by atoms with Crippen molar-refractivity contribution in [3.05, 3.63) is 12.7 Å². The van der Waals surface area contributed by atoms with Gasteiger partial charge >= 0.3 is 6.09 Å². The molecule has 2 atom stereocenters. The Morgan fingerprint density at radius 2 is 2.05 bits per heavy atom. The van der Waals surface area contributed by atoms with Crippen molar-refractivity contribution in [3.63, 3.8) is 0 Å². The van der Waals surface area contributed by atoms with Crippen LogP contribution in [0.2, 0.25) is 0 Å². The SMILES string of the molecule is C=CCOC(=O)N1C[C@H](OS(C)(=O)=O)C[C@H]1CC(=O)N(C)C. The molecule has 1 saturated heterocycles. The van der Waals surface area contributed by atoms with E-state index in [-0.39, 0.29) is 31.9 Å². The Morgan fingerprint density at radius 3 is 2.55 bits per heavy atom. The number of nitrogens with zero attached hydrogens (tertiary/aromatic N) is 2. The van der Waals surface area contributed by atoms with Gasteiger partial charge in [-0.3, -0.25) is 8.98 Å². The van der Waals surface area contributed by atoms with Gasteiger partial charge in [-0.1, -0.05) is 12.7 Å². The van der Waals surface area contributed by atoms with Crippen molar-refractivity contribution in [2.75, 3.05) is 33.5 Å². The third-order valence-corrected chi connectivity index (χ3v) is 3.78. The minimum Gasteiger partial charge on any atom is -0.445 e. The average molecular weight is 334 g/mol. The molecule has 0 radical (unpaired) electrons. The lowest BCUT2D eigenvalue weighted by molar-refractivity contribution is -0.129. The molecule has 22 heavy (non-hydrogen) atoms. The van der Waals surface area contributed by atoms with Crippen LogP contribution >= 0.6 is 0 Å². The zero-order valence-electron chi connectivity index (χ0n) is 13.0. The number of ether oxygens (including phenoxy) is 1. The minimum atomic E-state index is -3.63. The van der Waals surface area contributed by atoms with Crippen LogP contribution in [-0.2, 0) is 23.8 Å². The van der Waals surface area contributed by atoms with Crippen LogP contribution in [0.1, 0.15) is 12.8 Å². The first-order valence-corrected chi connectivity index (χ1v) is 8.58. The summed E-state index contributed by atoms with van der Waals surface area (Å²) in [6, 6.07) is -0.459. The van der Waals surface area contributed by atoms with E-state index in [9.17, 15) is 18.0 Å². The van der Waals surface area contributed by atoms with E-state index < -0.39 is 28.4 Å². The van der Waals surface area contributed by atoms with Crippen LogP contribution in [0.25, 0.3) is 0 Å². The maximum Gasteiger partial charge on any atom is 0.410 e. The minimum absolute atomic E-state index is 0.0429. The Morgan fingerprint density at radius 1 is 1.41 bits per heavy atom. The molecule has 1 aliphatic heterocycles. The zero-order chi connectivity index (χ0) is 16.9. The summed E-state index contributed by atoms with van der Waals surface area (Å²) in [6.07, 6.45) is 1.43. The molecule has 1 heterocycles. The predicted molar refractivity (Wildman–Crippen MR) is 79.7 cm³/mol. The van der Waals surface area contributed by atoms with E-state index >= 15 is 0 Å². The molecule has 8 nitrogen and oxygen atoms in total. The number of amides is 2. The fourth-order valence-electron chi connectivity index (χ4n) is 2.21. The van der Waals surface area contributed by atoms with Gasteiger partial charge < -0.3 is 14.5 Å². The van der Waals surface area contributed by atoms with Gasteiger partial charge in [0, 0.05) is 26.6 Å². The van der Waals surface area contributed by atoms with E-state index in [1.165, 1.54) is 15.9 Å². The third kappa shape index (κ3) is 5.64. The number of carbonyl (C=O) groups excluding carboxylic acids is 2. The maximum atomic E-state index is 12.0. The number of hydrogen-bond acceptors (Lipinski definition) is 6. The highest BCUT2D eigenvalue weighted by Crippen LogP contribution is 2.25. The average Bonchev–Trinajstić information content (AvgIpc) is 2.76. The molecule has 0 aromatic rings. The number of carbonyl (C=O) groups is 2. The Hall–Kier alpha value is -1.61. The number of likely N-dealkylation sites (tertiary alicyclic amines) is 1. The summed E-state index contributed by atoms with van der Waals surface area (Å²) in [5.41, 5.74) is 0. The Balaban J connectivity index is 2.80. The normalized spacial score (nSPS) is 21.5. The second-order valence-corrected chi connectivity index (χ2v) is 6.92. The summed E-state index contributed by atoms with van der Waals surface area (Å²) in [5.74, 6) is -0.161. The van der Waals surface area contributed by atoms with Gasteiger partial charge in [0.25, 0.3) is 10.1 Å². The van der Waals surface area contributed by atoms with Crippen LogP contribution in [0.4, 0.5) is 4.79 Å². The smallest absolute Gasteiger partial charge is 0.410 e. The molecule has 0 unspecified atom stereocenters. The van der Waals surface area contributed by atoms with Crippen molar-refractivity contribution in [2.24, 2.45) is 0 Å². The maximum absolute atomic E-state index is 12.0. The van der Waals surface area contributed by atoms with Crippen LogP contribution in [-0.4, -0.2) is 75.9 Å². The fraction of sp³-hybridized carbons (Fsp3) is 0.692. The van der Waals surface area contributed by atoms with Crippen LogP contribution in [0.3, 0.4) is 0 Å². The van der Waals surface area contributed by atoms with Crippen LogP contribution in [0.5, 0.6) is 0 Å². The van der Waals surface area contributed by atoms with Crippen molar-refractivity contribution < 1.29 is 26.9 Å². The molecule has 0 bridgehead atoms. The van der Waals surface area contributed by atoms with Crippen molar-refractivity contribution in [1.82, 2.24) is 9.80 Å². The monoisotopic (exact) mass is 334 g/mol. The molecule has 1 fully saturated rings. The van der Waals surface area contributed by atoms with Crippen LogP contribution < -0.4 is 0 Å². The number of hydrogen-bond donors (Lipinski definition) is 0. The first-order chi connectivity index (χ1) is 10.1. The predicted octanol–water partition coefficient (Wildman–Crippen LogP) is 0.206. The van der Waals surface area contributed by atoms with Crippen molar-refractivity contribution >= 4 is 22.1 Å². The molecule has 0 saturated carbocycles. The quantitative estimate of drug-likeness (QED) is 0.509. The Labute approximate surface area is 130 Å². The highest BCUT2D eigenvalue weighted by atomic mass is 32.2. The molecule has 0 aliphatic carbocycles. The van der Waals surface area contributed by atoms with Crippen molar-refractivity contribution in [2.45, 2.75) is 25.0 Å². The lowest BCUT2D eigenvalue weighted by Gasteiger charge is -2.24. The highest BCUT2D eigenvalue weighted by Gasteiger charge is 2.39. The first-order valence-electron chi connectivity index (χ1n) is 6.76. The molecule has 2 amide bonds. The first kappa shape index (κ1) is 18.4. The van der Waals surface area contributed by atoms with Crippen LogP contribution in [0.15, 0.2) is 12.7 Å². The summed E-state index contributed by atoms with van der Waals surface area (Å²) in [4.78, 5) is 26.6. The Kier molecular flexibility index (Phi) is 6.36. The molecule has 126 valence electrons. The molecule has 0 aromatic heterocycles. The van der Waals surface area contributed by atoms with E-state index in [2.05, 4.69) is 6.58 Å². The van der Waals surface area contributed by atoms with Gasteiger partial charge in [-0.2, -0.15) is 8.42 Å². The highest BCUT2D eigenvalue weighted by molar-refractivity contribution is 7.86. The van der Waals surface area contributed by atoms with Crippen molar-refractivity contribution in [3.8, 4) is 0 Å². The van der Waals surface area contributed by atoms with Crippen LogP contribution in [0, 0.1) is 0 Å². The third-order valence-electron chi connectivity index (χ3n) is 3.16. The summed E-state index contributed by atoms with van der Waals surface area (Å²) >= 11 is 0. The summed E-state index contributed by atoms with van der Waals surface area (Å²) in [6.45, 7) is 3.56. The van der Waals surface area contributed by atoms with E-state index in [1.807, 2.05) is 0 Å². The molecule has 0 aromatic carbocycles. The second kappa shape index (κ2) is 7.59. The van der Waals surface area contributed by atoms with Gasteiger partial charge in [-0.05, 0) is 6.42 Å². The molecule has 0 spiro atoms. The zero-order valence-corrected chi connectivity index (χ0v) is 13.8. The molecule has 9 heteroatoms. The van der Waals surface area contributed by atoms with E-state index in [0.717, 1.165) is 6.26 Å². The van der Waals surface area contributed by atoms with Crippen molar-refractivity contribution in [1.29, 1.82) is 0 Å². The van der Waals surface area contributed by atoms with Gasteiger partial charge in [0.15, 0.2) is 0 Å². The van der Waals surface area contributed by atoms with Gasteiger partial charge in [-0.25, -0.2) is 4.79 Å². The lowest BCUT2D eigenvalue weighted by Crippen LogP contribution is -2.39. The Bertz CT molecular complexity index is 531. The molecule has 1 rings (SSSR count). The second-order valence-electron chi connectivity index (χ2n) is 5.32. The molecule has 1 aliphatic rings. The summed E-state index contributed by atoms with van der Waals surface area (Å²) < 4.78 is 32.4. The van der Waals surface area contributed by atoms with E-state index in [0.29, 0.717) is 0 Å². The largest absolute Gasteiger partial charge is 0.445 e. The molecular formula is C13H22N2O6S.